The lowest BCUT2D eigenvalue weighted by Gasteiger charge is -2.58. The number of nitrogens with zero attached hydrogens (tertiary/aromatic N) is 1. The minimum absolute atomic E-state index is 0.0281. The zero-order valence-corrected chi connectivity index (χ0v) is 32.9. The quantitative estimate of drug-likeness (QED) is 0.0699. The van der Waals surface area contributed by atoms with E-state index >= 15 is 0 Å². The number of esters is 2. The van der Waals surface area contributed by atoms with Crippen LogP contribution >= 0.6 is 0 Å². The number of benzene rings is 2. The van der Waals surface area contributed by atoms with Gasteiger partial charge in [0.1, 0.15) is 23.1 Å². The first kappa shape index (κ1) is 36.8. The van der Waals surface area contributed by atoms with Crippen molar-refractivity contribution in [3.05, 3.63) is 58.3 Å². The second kappa shape index (κ2) is 13.7. The van der Waals surface area contributed by atoms with Crippen LogP contribution in [0.25, 0.3) is 22.6 Å². The van der Waals surface area contributed by atoms with E-state index in [9.17, 15) is 14.4 Å². The van der Waals surface area contributed by atoms with E-state index in [1.54, 1.807) is 29.8 Å². The van der Waals surface area contributed by atoms with Crippen molar-refractivity contribution in [2.24, 2.45) is 28.6 Å². The number of hydrogen-bond donors (Lipinski definition) is 0. The lowest BCUT2D eigenvalue weighted by molar-refractivity contribution is -0.163. The molecule has 1 aliphatic heterocycles. The van der Waals surface area contributed by atoms with Crippen LogP contribution in [0.2, 0.25) is 18.1 Å². The van der Waals surface area contributed by atoms with Crippen LogP contribution in [0, 0.1) is 28.6 Å². The molecule has 0 amide bonds. The summed E-state index contributed by atoms with van der Waals surface area (Å²) in [6, 6.07) is 9.52. The molecule has 10 heteroatoms. The van der Waals surface area contributed by atoms with Crippen molar-refractivity contribution < 1.29 is 32.6 Å². The standard InChI is InChI=1S/C42H55NO8Si/c1-40(2,3)52(6,7)51-29-18-20-41(4)26(22-29)8-11-30-31-12-15-37(42(31,5)21-19-32(30)41)50-39(46)17-16-38(45)48-25-47-28-10-14-34-36(24-28)49-35-23-27(44)9-13-33(35)43-34/h8-10,13-14,23-24,29-32,37H,11-12,15-22,25H2,1-7H3/t29?,30-,31-,32-,37-,41-,42-/m0/s1. The highest BCUT2D eigenvalue weighted by atomic mass is 28.4. The van der Waals surface area contributed by atoms with Gasteiger partial charge in [0.05, 0.1) is 12.8 Å². The Morgan fingerprint density at radius 2 is 1.75 bits per heavy atom. The van der Waals surface area contributed by atoms with Crippen LogP contribution < -0.4 is 10.2 Å². The van der Waals surface area contributed by atoms with Crippen molar-refractivity contribution in [3.63, 3.8) is 0 Å². The van der Waals surface area contributed by atoms with E-state index in [1.165, 1.54) is 25.0 Å². The summed E-state index contributed by atoms with van der Waals surface area (Å²) < 4.78 is 29.7. The van der Waals surface area contributed by atoms with Gasteiger partial charge in [0.2, 0.25) is 6.79 Å². The molecule has 0 aromatic heterocycles. The normalized spacial score (nSPS) is 30.2. The van der Waals surface area contributed by atoms with Gasteiger partial charge in [0, 0.05) is 23.7 Å². The van der Waals surface area contributed by atoms with Crippen molar-refractivity contribution >= 4 is 31.4 Å². The summed E-state index contributed by atoms with van der Waals surface area (Å²) in [5.74, 6) is 1.73. The maximum atomic E-state index is 13.1. The SMILES string of the molecule is CC(C)(C)[Si](C)(C)OC1CC[C@@]2(C)C(=CC[C@H]3[C@@H]4CC[C@H](OC(=O)CCC(=O)OCOc5ccc6nc7ccc(=O)cc-7oc6c5)[C@@]4(C)CC[C@@H]32)C1. The van der Waals surface area contributed by atoms with Gasteiger partial charge in [-0.25, -0.2) is 4.98 Å². The topological polar surface area (TPSA) is 114 Å². The molecule has 3 saturated carbocycles. The number of fused-ring (bicyclic) bond motifs is 7. The van der Waals surface area contributed by atoms with Gasteiger partial charge in [0.15, 0.2) is 25.1 Å². The highest BCUT2D eigenvalue weighted by Crippen LogP contribution is 2.65. The van der Waals surface area contributed by atoms with E-state index in [0.717, 1.165) is 38.5 Å². The molecule has 6 aliphatic rings. The zero-order valence-electron chi connectivity index (χ0n) is 31.9. The Morgan fingerprint density at radius 3 is 2.54 bits per heavy atom. The Hall–Kier alpha value is -3.50. The number of hydrogen-bond acceptors (Lipinski definition) is 9. The van der Waals surface area contributed by atoms with Crippen LogP contribution in [0.15, 0.2) is 57.3 Å². The fourth-order valence-corrected chi connectivity index (χ4v) is 11.2. The molecule has 0 saturated heterocycles. The largest absolute Gasteiger partial charge is 0.462 e. The molecule has 3 fully saturated rings. The molecule has 7 atom stereocenters. The summed E-state index contributed by atoms with van der Waals surface area (Å²) in [6.45, 7) is 16.3. The molecule has 280 valence electrons. The van der Waals surface area contributed by atoms with E-state index < -0.39 is 14.3 Å². The highest BCUT2D eigenvalue weighted by Gasteiger charge is 2.60. The van der Waals surface area contributed by atoms with Crippen LogP contribution in [0.1, 0.15) is 98.8 Å². The van der Waals surface area contributed by atoms with Gasteiger partial charge in [-0.05, 0) is 117 Å². The fourth-order valence-electron chi connectivity index (χ4n) is 9.80. The molecule has 52 heavy (non-hydrogen) atoms. The number of ether oxygens (including phenoxy) is 3. The van der Waals surface area contributed by atoms with Crippen molar-refractivity contribution in [2.45, 2.75) is 129 Å². The molecule has 0 N–H and O–H groups in total. The lowest BCUT2D eigenvalue weighted by atomic mass is 9.48. The van der Waals surface area contributed by atoms with E-state index in [1.807, 2.05) is 0 Å². The third kappa shape index (κ3) is 6.97. The monoisotopic (exact) mass is 729 g/mol. The number of allylic oxidation sites excluding steroid dienone is 1. The van der Waals surface area contributed by atoms with E-state index in [4.69, 9.17) is 23.1 Å². The fraction of sp³-hybridized carbons (Fsp3) is 0.619. The molecule has 0 radical (unpaired) electrons. The Balaban J connectivity index is 0.889. The van der Waals surface area contributed by atoms with Gasteiger partial charge in [0.25, 0.3) is 0 Å². The first-order valence-electron chi connectivity index (χ1n) is 19.3. The maximum Gasteiger partial charge on any atom is 0.309 e. The van der Waals surface area contributed by atoms with Gasteiger partial charge in [-0.2, -0.15) is 0 Å². The van der Waals surface area contributed by atoms with Crippen LogP contribution in [-0.2, 0) is 23.5 Å². The van der Waals surface area contributed by atoms with Gasteiger partial charge < -0.3 is 23.1 Å². The highest BCUT2D eigenvalue weighted by molar-refractivity contribution is 6.74. The number of rotatable bonds is 9. The third-order valence-corrected chi connectivity index (χ3v) is 18.3. The minimum atomic E-state index is -1.82. The second-order valence-electron chi connectivity index (χ2n) is 17.9. The maximum absolute atomic E-state index is 13.1. The smallest absolute Gasteiger partial charge is 0.309 e. The van der Waals surface area contributed by atoms with Gasteiger partial charge in [-0.3, -0.25) is 14.4 Å². The molecular weight excluding hydrogens is 675 g/mol. The molecule has 7 rings (SSSR count). The van der Waals surface area contributed by atoms with E-state index in [2.05, 4.69) is 58.8 Å². The summed E-state index contributed by atoms with van der Waals surface area (Å²) in [6.07, 6.45) is 11.4. The summed E-state index contributed by atoms with van der Waals surface area (Å²) in [5.41, 5.74) is 3.28. The van der Waals surface area contributed by atoms with Gasteiger partial charge >= 0.3 is 11.9 Å². The molecule has 5 aliphatic carbocycles. The summed E-state index contributed by atoms with van der Waals surface area (Å²) >= 11 is 0. The Morgan fingerprint density at radius 1 is 0.962 bits per heavy atom. The lowest BCUT2D eigenvalue weighted by Crippen LogP contribution is -2.52. The minimum Gasteiger partial charge on any atom is -0.462 e. The van der Waals surface area contributed by atoms with Crippen molar-refractivity contribution in [3.8, 4) is 17.2 Å². The Labute approximate surface area is 308 Å². The van der Waals surface area contributed by atoms with E-state index in [-0.39, 0.29) is 53.0 Å². The van der Waals surface area contributed by atoms with Crippen molar-refractivity contribution in [1.29, 1.82) is 0 Å². The first-order chi connectivity index (χ1) is 24.6. The van der Waals surface area contributed by atoms with Gasteiger partial charge in [-0.1, -0.05) is 46.3 Å². The molecule has 1 unspecified atom stereocenters. The van der Waals surface area contributed by atoms with Crippen LogP contribution in [-0.4, -0.2) is 44.2 Å². The zero-order chi connectivity index (χ0) is 37.1. The van der Waals surface area contributed by atoms with Crippen LogP contribution in [0.4, 0.5) is 0 Å². The van der Waals surface area contributed by atoms with Crippen molar-refractivity contribution in [2.75, 3.05) is 6.79 Å². The predicted octanol–water partition coefficient (Wildman–Crippen LogP) is 9.22. The molecule has 1 aromatic carbocycles. The molecule has 1 aromatic rings. The summed E-state index contributed by atoms with van der Waals surface area (Å²) in [4.78, 5) is 41.8. The molecular formula is C42H55NO8Si. The third-order valence-electron chi connectivity index (χ3n) is 13.8. The average molecular weight is 730 g/mol. The molecule has 0 bridgehead atoms. The first-order valence-corrected chi connectivity index (χ1v) is 22.2. The van der Waals surface area contributed by atoms with Crippen molar-refractivity contribution in [1.82, 2.24) is 4.98 Å². The van der Waals surface area contributed by atoms with E-state index in [0.29, 0.717) is 52.2 Å². The Bertz CT molecular complexity index is 1890. The van der Waals surface area contributed by atoms with Crippen LogP contribution in [0.5, 0.6) is 5.75 Å². The number of carbonyl (C=O) groups is 2. The molecule has 9 nitrogen and oxygen atoms in total. The van der Waals surface area contributed by atoms with Gasteiger partial charge in [-0.15, -0.1) is 0 Å². The molecule has 1 heterocycles. The summed E-state index contributed by atoms with van der Waals surface area (Å²) in [7, 11) is -1.82. The second-order valence-corrected chi connectivity index (χ2v) is 22.6. The van der Waals surface area contributed by atoms with Crippen LogP contribution in [0.3, 0.4) is 0 Å². The molecule has 0 spiro atoms. The Kier molecular flexibility index (Phi) is 9.72. The number of aromatic nitrogens is 1. The number of carbonyl (C=O) groups excluding carboxylic acids is 2. The average Bonchev–Trinajstić information content (AvgIpc) is 3.41. The summed E-state index contributed by atoms with van der Waals surface area (Å²) in [5, 5.41) is 0.215. The predicted molar refractivity (Wildman–Crippen MR) is 201 cm³/mol.